The molecule has 7 heteroatoms. The summed E-state index contributed by atoms with van der Waals surface area (Å²) >= 11 is 0. The fraction of sp³-hybridized carbons (Fsp3) is 0.222. The van der Waals surface area contributed by atoms with Gasteiger partial charge in [0.1, 0.15) is 0 Å². The van der Waals surface area contributed by atoms with Crippen LogP contribution in [0.2, 0.25) is 0 Å². The number of rotatable bonds is 3. The van der Waals surface area contributed by atoms with E-state index in [0.717, 1.165) is 0 Å². The first-order chi connectivity index (χ1) is 7.43. The molecule has 88 valence electrons. The quantitative estimate of drug-likeness (QED) is 0.839. The summed E-state index contributed by atoms with van der Waals surface area (Å²) in [6.07, 6.45) is 0. The lowest BCUT2D eigenvalue weighted by Crippen LogP contribution is -2.21. The van der Waals surface area contributed by atoms with Crippen molar-refractivity contribution in [2.45, 2.75) is 4.90 Å². The van der Waals surface area contributed by atoms with Crippen molar-refractivity contribution < 1.29 is 22.7 Å². The number of nitrogens with two attached hydrogens (primary N) is 1. The summed E-state index contributed by atoms with van der Waals surface area (Å²) in [6, 6.07) is 3.79. The van der Waals surface area contributed by atoms with E-state index in [0.29, 0.717) is 5.75 Å². The zero-order chi connectivity index (χ0) is 12.3. The van der Waals surface area contributed by atoms with Gasteiger partial charge in [0, 0.05) is 6.07 Å². The van der Waals surface area contributed by atoms with Crippen LogP contribution in [-0.2, 0) is 9.84 Å². The van der Waals surface area contributed by atoms with Gasteiger partial charge in [0.15, 0.2) is 11.5 Å². The minimum atomic E-state index is -4.13. The number of benzene rings is 1. The van der Waals surface area contributed by atoms with E-state index in [9.17, 15) is 13.2 Å². The van der Waals surface area contributed by atoms with Crippen LogP contribution in [0, 0.1) is 0 Å². The molecule has 0 spiro atoms. The van der Waals surface area contributed by atoms with Gasteiger partial charge in [-0.3, -0.25) is 4.79 Å². The number of carbonyl (C=O) groups is 1. The summed E-state index contributed by atoms with van der Waals surface area (Å²) in [5, 5.41) is -1.40. The monoisotopic (exact) mass is 245 g/mol. The third-order valence-electron chi connectivity index (χ3n) is 1.93. The van der Waals surface area contributed by atoms with Crippen molar-refractivity contribution >= 4 is 15.1 Å². The molecule has 0 saturated carbocycles. The Kier molecular flexibility index (Phi) is 3.38. The number of hydrogen-bond donors (Lipinski definition) is 1. The fourth-order valence-electron chi connectivity index (χ4n) is 1.10. The molecule has 0 aliphatic rings. The van der Waals surface area contributed by atoms with E-state index >= 15 is 0 Å². The minimum Gasteiger partial charge on any atom is -0.493 e. The predicted molar refractivity (Wildman–Crippen MR) is 56.3 cm³/mol. The van der Waals surface area contributed by atoms with Gasteiger partial charge >= 0.3 is 5.24 Å². The standard InChI is InChI=1S/C9H11NO5S/c1-14-7-4-3-6(5-8(7)15-2)16(12,13)9(10)11/h3-5H,1-2H3,(H2,10,11). The summed E-state index contributed by atoms with van der Waals surface area (Å²) in [4.78, 5) is 10.5. The molecule has 6 nitrogen and oxygen atoms in total. The van der Waals surface area contributed by atoms with Gasteiger partial charge in [-0.1, -0.05) is 0 Å². The zero-order valence-corrected chi connectivity index (χ0v) is 9.58. The van der Waals surface area contributed by atoms with Crippen LogP contribution in [0.1, 0.15) is 0 Å². The molecule has 0 atom stereocenters. The normalized spacial score (nSPS) is 10.9. The molecule has 0 aliphatic carbocycles. The van der Waals surface area contributed by atoms with E-state index in [1.807, 2.05) is 0 Å². The largest absolute Gasteiger partial charge is 0.493 e. The van der Waals surface area contributed by atoms with E-state index in [1.165, 1.54) is 32.4 Å². The lowest BCUT2D eigenvalue weighted by Gasteiger charge is -2.08. The second kappa shape index (κ2) is 4.40. The summed E-state index contributed by atoms with van der Waals surface area (Å²) < 4.78 is 32.7. The van der Waals surface area contributed by atoms with Gasteiger partial charge in [0.25, 0.3) is 9.84 Å². The molecule has 1 aromatic rings. The Labute approximate surface area is 92.9 Å². The molecule has 0 aromatic heterocycles. The first-order valence-corrected chi connectivity index (χ1v) is 5.68. The SMILES string of the molecule is COc1ccc(S(=O)(=O)C(N)=O)cc1OC. The van der Waals surface area contributed by atoms with E-state index in [2.05, 4.69) is 0 Å². The van der Waals surface area contributed by atoms with E-state index in [1.54, 1.807) is 0 Å². The molecule has 1 aromatic carbocycles. The van der Waals surface area contributed by atoms with Crippen molar-refractivity contribution in [3.8, 4) is 11.5 Å². The lowest BCUT2D eigenvalue weighted by molar-refractivity contribution is 0.265. The van der Waals surface area contributed by atoms with Crippen molar-refractivity contribution in [3.05, 3.63) is 18.2 Å². The zero-order valence-electron chi connectivity index (χ0n) is 8.76. The van der Waals surface area contributed by atoms with Gasteiger partial charge in [0.2, 0.25) is 0 Å². The number of methoxy groups -OCH3 is 2. The minimum absolute atomic E-state index is 0.213. The Morgan fingerprint density at radius 3 is 2.19 bits per heavy atom. The third kappa shape index (κ3) is 2.08. The molecule has 0 fully saturated rings. The second-order valence-electron chi connectivity index (χ2n) is 2.84. The molecule has 0 unspecified atom stereocenters. The highest BCUT2D eigenvalue weighted by Gasteiger charge is 2.23. The smallest absolute Gasteiger partial charge is 0.338 e. The average Bonchev–Trinajstić information content (AvgIpc) is 2.27. The molecule has 1 rings (SSSR count). The molecule has 0 radical (unpaired) electrons. The molecule has 0 heterocycles. The number of sulfone groups is 1. The van der Waals surface area contributed by atoms with Gasteiger partial charge in [-0.2, -0.15) is 0 Å². The topological polar surface area (TPSA) is 95.7 Å². The Morgan fingerprint density at radius 1 is 1.19 bits per heavy atom. The maximum Gasteiger partial charge on any atom is 0.338 e. The van der Waals surface area contributed by atoms with E-state index in [-0.39, 0.29) is 10.6 Å². The van der Waals surface area contributed by atoms with Crippen LogP contribution in [0.25, 0.3) is 0 Å². The average molecular weight is 245 g/mol. The number of hydrogen-bond acceptors (Lipinski definition) is 5. The highest BCUT2D eigenvalue weighted by Crippen LogP contribution is 2.29. The van der Waals surface area contributed by atoms with Crippen LogP contribution in [0.5, 0.6) is 11.5 Å². The summed E-state index contributed by atoms with van der Waals surface area (Å²) in [5.41, 5.74) is 4.77. The van der Waals surface area contributed by atoms with Crippen molar-refractivity contribution in [3.63, 3.8) is 0 Å². The van der Waals surface area contributed by atoms with Crippen LogP contribution in [0.3, 0.4) is 0 Å². The van der Waals surface area contributed by atoms with Crippen molar-refractivity contribution in [2.24, 2.45) is 5.73 Å². The maximum atomic E-state index is 11.4. The molecule has 1 amide bonds. The first-order valence-electron chi connectivity index (χ1n) is 4.20. The van der Waals surface area contributed by atoms with Crippen molar-refractivity contribution in [2.75, 3.05) is 14.2 Å². The maximum absolute atomic E-state index is 11.4. The number of amides is 1. The Hall–Kier alpha value is -1.76. The van der Waals surface area contributed by atoms with Gasteiger partial charge in [0.05, 0.1) is 19.1 Å². The number of ether oxygens (including phenoxy) is 2. The molecule has 0 bridgehead atoms. The first kappa shape index (κ1) is 12.3. The Morgan fingerprint density at radius 2 is 1.75 bits per heavy atom. The Balaban J connectivity index is 3.34. The number of carbonyl (C=O) groups excluding carboxylic acids is 1. The van der Waals surface area contributed by atoms with Gasteiger partial charge in [-0.25, -0.2) is 8.42 Å². The summed E-state index contributed by atoms with van der Waals surface area (Å²) in [6.45, 7) is 0. The molecular weight excluding hydrogens is 234 g/mol. The van der Waals surface area contributed by atoms with Gasteiger partial charge < -0.3 is 15.2 Å². The fourth-order valence-corrected chi connectivity index (χ4v) is 1.84. The highest BCUT2D eigenvalue weighted by molar-refractivity contribution is 8.06. The van der Waals surface area contributed by atoms with Crippen LogP contribution in [-0.4, -0.2) is 27.9 Å². The van der Waals surface area contributed by atoms with Gasteiger partial charge in [-0.05, 0) is 12.1 Å². The third-order valence-corrected chi connectivity index (χ3v) is 3.33. The van der Waals surface area contributed by atoms with E-state index < -0.39 is 15.1 Å². The molecular formula is C9H11NO5S. The Bertz CT molecular complexity index is 509. The molecule has 2 N–H and O–H groups in total. The predicted octanol–water partition coefficient (Wildman–Crippen LogP) is 0.556. The van der Waals surface area contributed by atoms with Crippen molar-refractivity contribution in [1.82, 2.24) is 0 Å². The van der Waals surface area contributed by atoms with E-state index in [4.69, 9.17) is 15.2 Å². The molecule has 16 heavy (non-hydrogen) atoms. The van der Waals surface area contributed by atoms with Crippen molar-refractivity contribution in [1.29, 1.82) is 0 Å². The summed E-state index contributed by atoms with van der Waals surface area (Å²) in [7, 11) is -1.35. The molecule has 0 saturated heterocycles. The second-order valence-corrected chi connectivity index (χ2v) is 4.72. The summed E-state index contributed by atoms with van der Waals surface area (Å²) in [5.74, 6) is 0.579. The molecule has 0 aliphatic heterocycles. The lowest BCUT2D eigenvalue weighted by atomic mass is 10.3. The van der Waals surface area contributed by atoms with Gasteiger partial charge in [-0.15, -0.1) is 0 Å². The van der Waals surface area contributed by atoms with Crippen LogP contribution < -0.4 is 15.2 Å². The van der Waals surface area contributed by atoms with Crippen LogP contribution in [0.15, 0.2) is 23.1 Å². The van der Waals surface area contributed by atoms with Crippen LogP contribution in [0.4, 0.5) is 4.79 Å². The van der Waals surface area contributed by atoms with Crippen LogP contribution >= 0.6 is 0 Å². The number of primary amides is 1. The highest BCUT2D eigenvalue weighted by atomic mass is 32.2.